The lowest BCUT2D eigenvalue weighted by Crippen LogP contribution is -2.53. The van der Waals surface area contributed by atoms with Gasteiger partial charge in [-0.1, -0.05) is 96.9 Å². The van der Waals surface area contributed by atoms with Crippen molar-refractivity contribution in [2.45, 2.75) is 64.9 Å². The molecule has 0 radical (unpaired) electrons. The highest BCUT2D eigenvalue weighted by atomic mass is 32.2. The molecule has 0 heterocycles. The summed E-state index contributed by atoms with van der Waals surface area (Å²) in [5.41, 5.74) is 5.82. The molecule has 0 saturated carbocycles. The molecule has 8 heteroatoms. The Morgan fingerprint density at radius 2 is 1.38 bits per heavy atom. The average Bonchev–Trinajstić information content (AvgIpc) is 3.03. The van der Waals surface area contributed by atoms with Crippen molar-refractivity contribution in [1.82, 2.24) is 10.2 Å². The monoisotopic (exact) mass is 625 g/mol. The number of sulfonamides is 1. The number of benzene rings is 4. The standard InChI is InChI=1S/C37H43N3O4S/c1-6-23-38-37(42)35(24-31-12-8-7-9-13-31)39(25-32-19-15-27(2)16-20-32)36(41)26-40(34-14-10-11-29(4)30(34)5)45(43,44)33-21-17-28(3)18-22-33/h7-22,35H,6,23-26H2,1-5H3,(H,38,42)/t35-/m1/s1. The predicted molar refractivity (Wildman–Crippen MR) is 181 cm³/mol. The van der Waals surface area contributed by atoms with Crippen molar-refractivity contribution >= 4 is 27.5 Å². The molecule has 0 bridgehead atoms. The lowest BCUT2D eigenvalue weighted by Gasteiger charge is -2.34. The van der Waals surface area contributed by atoms with Crippen molar-refractivity contribution in [3.8, 4) is 0 Å². The fourth-order valence-corrected chi connectivity index (χ4v) is 6.64. The van der Waals surface area contributed by atoms with Gasteiger partial charge in [-0.15, -0.1) is 0 Å². The fraction of sp³-hybridized carbons (Fsp3) is 0.297. The molecule has 0 fully saturated rings. The average molecular weight is 626 g/mol. The number of carbonyl (C=O) groups excluding carboxylic acids is 2. The lowest BCUT2D eigenvalue weighted by atomic mass is 10.0. The minimum Gasteiger partial charge on any atom is -0.354 e. The van der Waals surface area contributed by atoms with E-state index in [1.165, 1.54) is 9.21 Å². The van der Waals surface area contributed by atoms with E-state index in [2.05, 4.69) is 5.32 Å². The van der Waals surface area contributed by atoms with Gasteiger partial charge >= 0.3 is 0 Å². The van der Waals surface area contributed by atoms with Gasteiger partial charge in [-0.3, -0.25) is 13.9 Å². The summed E-state index contributed by atoms with van der Waals surface area (Å²) in [6.07, 6.45) is 1.02. The highest BCUT2D eigenvalue weighted by Crippen LogP contribution is 2.29. The van der Waals surface area contributed by atoms with Crippen molar-refractivity contribution in [1.29, 1.82) is 0 Å². The van der Waals surface area contributed by atoms with E-state index in [-0.39, 0.29) is 23.8 Å². The van der Waals surface area contributed by atoms with Gasteiger partial charge in [0.05, 0.1) is 10.6 Å². The third-order valence-electron chi connectivity index (χ3n) is 8.03. The van der Waals surface area contributed by atoms with E-state index in [0.717, 1.165) is 39.8 Å². The second-order valence-corrected chi connectivity index (χ2v) is 13.4. The molecule has 4 aromatic carbocycles. The van der Waals surface area contributed by atoms with E-state index in [1.54, 1.807) is 36.4 Å². The zero-order valence-corrected chi connectivity index (χ0v) is 27.6. The fourth-order valence-electron chi connectivity index (χ4n) is 5.17. The third kappa shape index (κ3) is 8.39. The molecule has 7 nitrogen and oxygen atoms in total. The molecule has 45 heavy (non-hydrogen) atoms. The Kier molecular flexibility index (Phi) is 11.2. The molecule has 1 N–H and O–H groups in total. The first-order valence-electron chi connectivity index (χ1n) is 15.3. The summed E-state index contributed by atoms with van der Waals surface area (Å²) < 4.78 is 29.7. The van der Waals surface area contributed by atoms with Gasteiger partial charge in [-0.2, -0.15) is 0 Å². The van der Waals surface area contributed by atoms with Gasteiger partial charge in [0.15, 0.2) is 0 Å². The molecular weight excluding hydrogens is 582 g/mol. The summed E-state index contributed by atoms with van der Waals surface area (Å²) in [6.45, 7) is 9.75. The van der Waals surface area contributed by atoms with Gasteiger partial charge in [0.2, 0.25) is 11.8 Å². The predicted octanol–water partition coefficient (Wildman–Crippen LogP) is 6.28. The summed E-state index contributed by atoms with van der Waals surface area (Å²) >= 11 is 0. The molecule has 4 aromatic rings. The van der Waals surface area contributed by atoms with Crippen LogP contribution in [0.1, 0.15) is 46.7 Å². The molecule has 4 rings (SSSR count). The quantitative estimate of drug-likeness (QED) is 0.190. The molecule has 0 aliphatic carbocycles. The van der Waals surface area contributed by atoms with Crippen molar-refractivity contribution in [3.05, 3.63) is 130 Å². The number of amides is 2. The van der Waals surface area contributed by atoms with Crippen molar-refractivity contribution < 1.29 is 18.0 Å². The molecule has 0 saturated heterocycles. The number of hydrogen-bond donors (Lipinski definition) is 1. The van der Waals surface area contributed by atoms with E-state index >= 15 is 0 Å². The van der Waals surface area contributed by atoms with Crippen molar-refractivity contribution in [2.75, 3.05) is 17.4 Å². The zero-order valence-electron chi connectivity index (χ0n) is 26.8. The third-order valence-corrected chi connectivity index (χ3v) is 9.80. The number of hydrogen-bond acceptors (Lipinski definition) is 4. The van der Waals surface area contributed by atoms with Crippen LogP contribution in [-0.2, 0) is 32.6 Å². The number of anilines is 1. The van der Waals surface area contributed by atoms with Crippen LogP contribution in [0.25, 0.3) is 0 Å². The number of aryl methyl sites for hydroxylation is 3. The van der Waals surface area contributed by atoms with Crippen LogP contribution in [0, 0.1) is 27.7 Å². The van der Waals surface area contributed by atoms with Crippen LogP contribution in [0.2, 0.25) is 0 Å². The van der Waals surface area contributed by atoms with Gasteiger partial charge in [-0.25, -0.2) is 8.42 Å². The smallest absolute Gasteiger partial charge is 0.264 e. The van der Waals surface area contributed by atoms with Gasteiger partial charge in [0, 0.05) is 19.5 Å². The molecule has 2 amide bonds. The second-order valence-electron chi connectivity index (χ2n) is 11.5. The number of nitrogens with zero attached hydrogens (tertiary/aromatic N) is 2. The Bertz CT molecular complexity index is 1700. The second kappa shape index (κ2) is 15.0. The molecular formula is C37H43N3O4S. The van der Waals surface area contributed by atoms with Gasteiger partial charge in [0.25, 0.3) is 10.0 Å². The topological polar surface area (TPSA) is 86.8 Å². The van der Waals surface area contributed by atoms with Crippen LogP contribution in [0.15, 0.2) is 102 Å². The minimum absolute atomic E-state index is 0.0911. The minimum atomic E-state index is -4.15. The Labute approximate surface area is 268 Å². The number of carbonyl (C=O) groups is 2. The maximum Gasteiger partial charge on any atom is 0.264 e. The molecule has 0 unspecified atom stereocenters. The van der Waals surface area contributed by atoms with E-state index in [4.69, 9.17) is 0 Å². The molecule has 0 spiro atoms. The first-order valence-corrected chi connectivity index (χ1v) is 16.8. The maximum absolute atomic E-state index is 14.6. The molecule has 1 atom stereocenters. The Balaban J connectivity index is 1.82. The zero-order chi connectivity index (χ0) is 32.6. The Morgan fingerprint density at radius 3 is 2.00 bits per heavy atom. The molecule has 0 aromatic heterocycles. The first kappa shape index (κ1) is 33.5. The van der Waals surface area contributed by atoms with Gasteiger partial charge < -0.3 is 10.2 Å². The number of nitrogens with one attached hydrogen (secondary N) is 1. The van der Waals surface area contributed by atoms with Gasteiger partial charge in [0.1, 0.15) is 12.6 Å². The van der Waals surface area contributed by atoms with Crippen LogP contribution in [0.3, 0.4) is 0 Å². The van der Waals surface area contributed by atoms with Crippen LogP contribution in [-0.4, -0.2) is 44.3 Å². The summed E-state index contributed by atoms with van der Waals surface area (Å²) in [7, 11) is -4.15. The summed E-state index contributed by atoms with van der Waals surface area (Å²) in [5.74, 6) is -0.749. The van der Waals surface area contributed by atoms with E-state index in [9.17, 15) is 18.0 Å². The van der Waals surface area contributed by atoms with Crippen molar-refractivity contribution in [3.63, 3.8) is 0 Å². The summed E-state index contributed by atoms with van der Waals surface area (Å²) in [4.78, 5) is 30.0. The molecule has 0 aliphatic rings. The van der Waals surface area contributed by atoms with E-state index in [1.807, 2.05) is 95.3 Å². The Morgan fingerprint density at radius 1 is 0.756 bits per heavy atom. The highest BCUT2D eigenvalue weighted by molar-refractivity contribution is 7.92. The first-order chi connectivity index (χ1) is 21.5. The van der Waals surface area contributed by atoms with Crippen LogP contribution >= 0.6 is 0 Å². The summed E-state index contributed by atoms with van der Waals surface area (Å²) in [6, 6.07) is 28.5. The largest absolute Gasteiger partial charge is 0.354 e. The summed E-state index contributed by atoms with van der Waals surface area (Å²) in [5, 5.41) is 2.98. The maximum atomic E-state index is 14.6. The van der Waals surface area contributed by atoms with Crippen molar-refractivity contribution in [2.24, 2.45) is 0 Å². The van der Waals surface area contributed by atoms with Crippen LogP contribution in [0.5, 0.6) is 0 Å². The normalized spacial score (nSPS) is 11.9. The van der Waals surface area contributed by atoms with Crippen LogP contribution < -0.4 is 9.62 Å². The molecule has 236 valence electrons. The van der Waals surface area contributed by atoms with E-state index < -0.39 is 28.5 Å². The molecule has 0 aliphatic heterocycles. The van der Waals surface area contributed by atoms with Gasteiger partial charge in [-0.05, 0) is 74.6 Å². The van der Waals surface area contributed by atoms with E-state index in [0.29, 0.717) is 12.2 Å². The van der Waals surface area contributed by atoms with Crippen LogP contribution in [0.4, 0.5) is 5.69 Å². The number of rotatable bonds is 13. The highest BCUT2D eigenvalue weighted by Gasteiger charge is 2.35. The SMILES string of the molecule is CCCNC(=O)[C@@H](Cc1ccccc1)N(Cc1ccc(C)cc1)C(=O)CN(c1cccc(C)c1C)S(=O)(=O)c1ccc(C)cc1. The Hall–Kier alpha value is -4.43. The lowest BCUT2D eigenvalue weighted by molar-refractivity contribution is -0.140.